The van der Waals surface area contributed by atoms with Crippen LogP contribution < -0.4 is 10.1 Å². The molecule has 3 aromatic heterocycles. The highest BCUT2D eigenvalue weighted by molar-refractivity contribution is 5.95. The van der Waals surface area contributed by atoms with Crippen LogP contribution >= 0.6 is 0 Å². The summed E-state index contributed by atoms with van der Waals surface area (Å²) in [5, 5.41) is 3.73. The number of hydrogen-bond acceptors (Lipinski definition) is 4. The number of nitrogens with one attached hydrogen (secondary N) is 2. The number of aromatic nitrogens is 3. The Morgan fingerprint density at radius 3 is 2.90 bits per heavy atom. The van der Waals surface area contributed by atoms with E-state index >= 15 is 0 Å². The predicted octanol–water partition coefficient (Wildman–Crippen LogP) is 4.16. The summed E-state index contributed by atoms with van der Waals surface area (Å²) in [5.41, 5.74) is 2.86. The maximum Gasteiger partial charge on any atom is 0.253 e. The van der Waals surface area contributed by atoms with Crippen LogP contribution in [0.15, 0.2) is 55.0 Å². The lowest BCUT2D eigenvalue weighted by Crippen LogP contribution is -2.33. The van der Waals surface area contributed by atoms with Gasteiger partial charge in [0.1, 0.15) is 23.0 Å². The summed E-state index contributed by atoms with van der Waals surface area (Å²) in [7, 11) is 0. The van der Waals surface area contributed by atoms with Crippen LogP contribution in [0.3, 0.4) is 0 Å². The zero-order valence-electron chi connectivity index (χ0n) is 15.7. The van der Waals surface area contributed by atoms with Crippen molar-refractivity contribution in [2.24, 2.45) is 0 Å². The third-order valence-corrected chi connectivity index (χ3v) is 5.14. The van der Waals surface area contributed by atoms with Gasteiger partial charge in [0.2, 0.25) is 0 Å². The van der Waals surface area contributed by atoms with Crippen LogP contribution in [0.4, 0.5) is 8.78 Å². The van der Waals surface area contributed by atoms with Crippen molar-refractivity contribution >= 4 is 16.9 Å². The molecule has 1 atom stereocenters. The van der Waals surface area contributed by atoms with E-state index in [2.05, 4.69) is 20.3 Å². The number of H-pyrrole nitrogens is 1. The lowest BCUT2D eigenvalue weighted by molar-refractivity contribution is 0.0923. The van der Waals surface area contributed by atoms with Crippen molar-refractivity contribution in [3.8, 4) is 17.0 Å². The first-order valence-corrected chi connectivity index (χ1v) is 9.41. The van der Waals surface area contributed by atoms with Crippen LogP contribution in [0.25, 0.3) is 22.3 Å². The van der Waals surface area contributed by atoms with Crippen molar-refractivity contribution in [1.29, 1.82) is 0 Å². The number of aromatic amines is 1. The predicted molar refractivity (Wildman–Crippen MR) is 106 cm³/mol. The molecule has 0 unspecified atom stereocenters. The van der Waals surface area contributed by atoms with Gasteiger partial charge in [-0.2, -0.15) is 0 Å². The minimum Gasteiger partial charge on any atom is -0.493 e. The first kappa shape index (κ1) is 18.2. The lowest BCUT2D eigenvalue weighted by atomic mass is 9.99. The summed E-state index contributed by atoms with van der Waals surface area (Å²) in [6, 6.07) is 8.51. The topological polar surface area (TPSA) is 79.9 Å². The van der Waals surface area contributed by atoms with Crippen molar-refractivity contribution in [3.63, 3.8) is 0 Å². The molecule has 4 heterocycles. The molecule has 1 aromatic carbocycles. The van der Waals surface area contributed by atoms with Gasteiger partial charge in [-0.1, -0.05) is 0 Å². The number of rotatable bonds is 3. The maximum absolute atomic E-state index is 14.3. The number of hydrogen-bond donors (Lipinski definition) is 2. The zero-order chi connectivity index (χ0) is 20.7. The molecule has 5 rings (SSSR count). The fourth-order valence-corrected chi connectivity index (χ4v) is 3.71. The fourth-order valence-electron chi connectivity index (χ4n) is 3.71. The van der Waals surface area contributed by atoms with Crippen LogP contribution in [0, 0.1) is 11.6 Å². The van der Waals surface area contributed by atoms with Crippen LogP contribution in [0.2, 0.25) is 0 Å². The van der Waals surface area contributed by atoms with Gasteiger partial charge in [-0.3, -0.25) is 9.78 Å². The molecule has 2 N–H and O–H groups in total. The highest BCUT2D eigenvalue weighted by atomic mass is 19.1. The van der Waals surface area contributed by atoms with Crippen molar-refractivity contribution in [1.82, 2.24) is 20.3 Å². The molecule has 6 nitrogen and oxygen atoms in total. The summed E-state index contributed by atoms with van der Waals surface area (Å²) < 4.78 is 33.1. The summed E-state index contributed by atoms with van der Waals surface area (Å²) in [6.07, 6.45) is 5.36. The van der Waals surface area contributed by atoms with Gasteiger partial charge in [-0.05, 0) is 24.3 Å². The Labute approximate surface area is 169 Å². The minimum absolute atomic E-state index is 0.116. The monoisotopic (exact) mass is 406 g/mol. The largest absolute Gasteiger partial charge is 0.493 e. The van der Waals surface area contributed by atoms with E-state index in [1.54, 1.807) is 24.5 Å². The van der Waals surface area contributed by atoms with Gasteiger partial charge in [-0.15, -0.1) is 0 Å². The standard InChI is InChI=1S/C22H16F2N4O2/c23-13-9-16(24)20-18(5-8-30-19(20)10-13)28-22(29)12-1-2-17(27-11-12)14-3-6-25-21-15(14)4-7-26-21/h1-4,6-7,9-11,18H,5,8H2,(H,25,26)(H,28,29)/t18-/m0/s1. The van der Waals surface area contributed by atoms with Gasteiger partial charge in [-0.25, -0.2) is 13.8 Å². The first-order chi connectivity index (χ1) is 14.6. The molecule has 8 heteroatoms. The molecule has 0 spiro atoms. The Balaban J connectivity index is 1.39. The number of carbonyl (C=O) groups excluding carboxylic acids is 1. The number of carbonyl (C=O) groups is 1. The highest BCUT2D eigenvalue weighted by Crippen LogP contribution is 2.35. The maximum atomic E-state index is 14.3. The molecule has 0 bridgehead atoms. The van der Waals surface area contributed by atoms with Gasteiger partial charge >= 0.3 is 0 Å². The molecule has 1 aliphatic rings. The molecule has 150 valence electrons. The van der Waals surface area contributed by atoms with Crippen molar-refractivity contribution in [3.05, 3.63) is 77.8 Å². The van der Waals surface area contributed by atoms with Crippen LogP contribution in [-0.4, -0.2) is 27.5 Å². The van der Waals surface area contributed by atoms with E-state index in [9.17, 15) is 13.6 Å². The van der Waals surface area contributed by atoms with Crippen molar-refractivity contribution in [2.45, 2.75) is 12.5 Å². The number of benzene rings is 1. The molecule has 0 fully saturated rings. The number of nitrogens with zero attached hydrogens (tertiary/aromatic N) is 2. The fraction of sp³-hybridized carbons (Fsp3) is 0.136. The molecule has 0 aliphatic carbocycles. The molecule has 30 heavy (non-hydrogen) atoms. The molecule has 1 aliphatic heterocycles. The number of amides is 1. The third kappa shape index (κ3) is 3.16. The highest BCUT2D eigenvalue weighted by Gasteiger charge is 2.28. The van der Waals surface area contributed by atoms with E-state index in [-0.39, 0.29) is 17.9 Å². The van der Waals surface area contributed by atoms with Gasteiger partial charge in [0.25, 0.3) is 5.91 Å². The molecular formula is C22H16F2N4O2. The Morgan fingerprint density at radius 1 is 1.17 bits per heavy atom. The Morgan fingerprint density at radius 2 is 2.07 bits per heavy atom. The molecule has 1 amide bonds. The number of ether oxygens (including phenoxy) is 1. The van der Waals surface area contributed by atoms with Gasteiger partial charge in [0.15, 0.2) is 0 Å². The summed E-state index contributed by atoms with van der Waals surface area (Å²) in [5.74, 6) is -1.73. The second kappa shape index (κ2) is 7.22. The number of halogens is 2. The van der Waals surface area contributed by atoms with Crippen LogP contribution in [0.5, 0.6) is 5.75 Å². The van der Waals surface area contributed by atoms with Gasteiger partial charge < -0.3 is 15.0 Å². The minimum atomic E-state index is -0.739. The Hall–Kier alpha value is -3.81. The lowest BCUT2D eigenvalue weighted by Gasteiger charge is -2.27. The van der Waals surface area contributed by atoms with Crippen LogP contribution in [-0.2, 0) is 0 Å². The summed E-state index contributed by atoms with van der Waals surface area (Å²) >= 11 is 0. The van der Waals surface area contributed by atoms with E-state index < -0.39 is 23.6 Å². The molecule has 4 aromatic rings. The molecular weight excluding hydrogens is 390 g/mol. The molecule has 0 saturated heterocycles. The van der Waals surface area contributed by atoms with Crippen molar-refractivity contribution in [2.75, 3.05) is 6.61 Å². The Kier molecular flexibility index (Phi) is 4.39. The second-order valence-corrected chi connectivity index (χ2v) is 6.99. The van der Waals surface area contributed by atoms with E-state index in [4.69, 9.17) is 4.74 Å². The van der Waals surface area contributed by atoms with E-state index in [0.717, 1.165) is 28.7 Å². The Bertz CT molecular complexity index is 1250. The quantitative estimate of drug-likeness (QED) is 0.536. The normalized spacial score (nSPS) is 15.5. The van der Waals surface area contributed by atoms with E-state index in [1.807, 2.05) is 12.1 Å². The van der Waals surface area contributed by atoms with E-state index in [0.29, 0.717) is 17.7 Å². The molecule has 0 saturated carbocycles. The average Bonchev–Trinajstić information content (AvgIpc) is 3.22. The number of pyridine rings is 2. The summed E-state index contributed by atoms with van der Waals surface area (Å²) in [4.78, 5) is 24.4. The smallest absolute Gasteiger partial charge is 0.253 e. The van der Waals surface area contributed by atoms with E-state index in [1.165, 1.54) is 6.20 Å². The van der Waals surface area contributed by atoms with Crippen LogP contribution in [0.1, 0.15) is 28.4 Å². The summed E-state index contributed by atoms with van der Waals surface area (Å²) in [6.45, 7) is 0.257. The average molecular weight is 406 g/mol. The first-order valence-electron chi connectivity index (χ1n) is 9.41. The van der Waals surface area contributed by atoms with Gasteiger partial charge in [0, 0.05) is 48.1 Å². The van der Waals surface area contributed by atoms with Gasteiger partial charge in [0.05, 0.1) is 29.5 Å². The SMILES string of the molecule is O=C(N[C@H]1CCOc2cc(F)cc(F)c21)c1ccc(-c2ccnc3[nH]ccc23)nc1. The zero-order valence-corrected chi connectivity index (χ0v) is 15.7. The third-order valence-electron chi connectivity index (χ3n) is 5.14. The number of fused-ring (bicyclic) bond motifs is 2. The van der Waals surface area contributed by atoms with Crippen molar-refractivity contribution < 1.29 is 18.3 Å². The molecule has 0 radical (unpaired) electrons. The second-order valence-electron chi connectivity index (χ2n) is 6.99.